The Hall–Kier alpha value is -2.48. The summed E-state index contributed by atoms with van der Waals surface area (Å²) in [5, 5.41) is 14.8. The predicted octanol–water partition coefficient (Wildman–Crippen LogP) is 2.32. The summed E-state index contributed by atoms with van der Waals surface area (Å²) in [5.74, 6) is -0.629. The largest absolute Gasteiger partial charge is 0.373 e. The molecule has 2 rings (SSSR count). The van der Waals surface area contributed by atoms with Gasteiger partial charge in [0, 0.05) is 22.7 Å². The number of nitrogens with zero attached hydrogens (tertiary/aromatic N) is 2. The number of rotatable bonds is 6. The molecule has 0 aliphatic heterocycles. The zero-order chi connectivity index (χ0) is 15.4. The van der Waals surface area contributed by atoms with Crippen LogP contribution in [0.1, 0.15) is 27.2 Å². The smallest absolute Gasteiger partial charge is 0.292 e. The Bertz CT molecular complexity index is 684. The minimum Gasteiger partial charge on any atom is -0.373 e. The molecule has 1 heterocycles. The normalized spacial score (nSPS) is 10.3. The Balaban J connectivity index is 2.22. The molecule has 0 bridgehead atoms. The quantitative estimate of drug-likeness (QED) is 0.628. The lowest BCUT2D eigenvalue weighted by Crippen LogP contribution is -2.12. The first-order valence-corrected chi connectivity index (χ1v) is 7.08. The molecule has 0 aliphatic carbocycles. The number of nitrogens with two attached hydrogens (primary N) is 1. The van der Waals surface area contributed by atoms with Crippen molar-refractivity contribution in [2.45, 2.75) is 19.9 Å². The van der Waals surface area contributed by atoms with Crippen molar-refractivity contribution in [1.29, 1.82) is 0 Å². The van der Waals surface area contributed by atoms with Crippen molar-refractivity contribution in [3.8, 4) is 0 Å². The number of primary amides is 1. The maximum Gasteiger partial charge on any atom is 0.292 e. The number of hydrogen-bond acceptors (Lipinski definition) is 6. The summed E-state index contributed by atoms with van der Waals surface area (Å²) in [6.45, 7) is 2.39. The molecule has 7 nitrogen and oxygen atoms in total. The zero-order valence-electron chi connectivity index (χ0n) is 11.3. The summed E-state index contributed by atoms with van der Waals surface area (Å²) in [7, 11) is 0. The van der Waals surface area contributed by atoms with Gasteiger partial charge in [0.2, 0.25) is 5.91 Å². The van der Waals surface area contributed by atoms with E-state index in [1.807, 2.05) is 6.92 Å². The first-order valence-electron chi connectivity index (χ1n) is 6.27. The Kier molecular flexibility index (Phi) is 4.49. The maximum atomic E-state index is 11.2. The van der Waals surface area contributed by atoms with E-state index >= 15 is 0 Å². The molecule has 1 aromatic heterocycles. The number of thiazole rings is 1. The molecule has 1 aromatic carbocycles. The zero-order valence-corrected chi connectivity index (χ0v) is 12.1. The summed E-state index contributed by atoms with van der Waals surface area (Å²) >= 11 is 1.54. The average molecular weight is 306 g/mol. The Morgan fingerprint density at radius 3 is 2.86 bits per heavy atom. The lowest BCUT2D eigenvalue weighted by molar-refractivity contribution is -0.384. The van der Waals surface area contributed by atoms with Gasteiger partial charge in [0.25, 0.3) is 5.69 Å². The Morgan fingerprint density at radius 2 is 2.29 bits per heavy atom. The van der Waals surface area contributed by atoms with Crippen LogP contribution in [0.4, 0.5) is 11.4 Å². The fraction of sp³-hybridized carbons (Fsp3) is 0.231. The molecule has 0 atom stereocenters. The molecule has 0 aliphatic rings. The second-order valence-electron chi connectivity index (χ2n) is 4.28. The Labute approximate surface area is 125 Å². The molecular weight excluding hydrogens is 292 g/mol. The summed E-state index contributed by atoms with van der Waals surface area (Å²) in [6, 6.07) is 3.99. The number of nitrogens with one attached hydrogen (secondary N) is 1. The predicted molar refractivity (Wildman–Crippen MR) is 80.4 cm³/mol. The minimum atomic E-state index is -0.629. The first-order chi connectivity index (χ1) is 10.0. The van der Waals surface area contributed by atoms with Gasteiger partial charge in [0.05, 0.1) is 11.5 Å². The molecule has 0 unspecified atom stereocenters. The average Bonchev–Trinajstić information content (AvgIpc) is 2.92. The molecule has 3 N–H and O–H groups in total. The van der Waals surface area contributed by atoms with Crippen LogP contribution in [0.25, 0.3) is 0 Å². The van der Waals surface area contributed by atoms with Gasteiger partial charge in [-0.05, 0) is 18.6 Å². The highest BCUT2D eigenvalue weighted by Gasteiger charge is 2.16. The van der Waals surface area contributed by atoms with Crippen LogP contribution in [-0.4, -0.2) is 15.8 Å². The number of carbonyl (C=O) groups excluding carboxylic acids is 1. The third-order valence-electron chi connectivity index (χ3n) is 2.86. The van der Waals surface area contributed by atoms with Gasteiger partial charge < -0.3 is 11.1 Å². The van der Waals surface area contributed by atoms with E-state index in [1.165, 1.54) is 18.2 Å². The van der Waals surface area contributed by atoms with Crippen LogP contribution in [0.15, 0.2) is 24.4 Å². The van der Waals surface area contributed by atoms with Crippen molar-refractivity contribution in [3.63, 3.8) is 0 Å². The molecule has 21 heavy (non-hydrogen) atoms. The van der Waals surface area contributed by atoms with Crippen molar-refractivity contribution in [2.24, 2.45) is 5.73 Å². The summed E-state index contributed by atoms with van der Waals surface area (Å²) in [6.07, 6.45) is 2.69. The maximum absolute atomic E-state index is 11.2. The van der Waals surface area contributed by atoms with Crippen LogP contribution in [0, 0.1) is 10.1 Å². The monoisotopic (exact) mass is 306 g/mol. The molecule has 110 valence electrons. The van der Waals surface area contributed by atoms with Gasteiger partial charge >= 0.3 is 0 Å². The van der Waals surface area contributed by atoms with Crippen LogP contribution >= 0.6 is 11.3 Å². The van der Waals surface area contributed by atoms with Gasteiger partial charge in [-0.2, -0.15) is 0 Å². The van der Waals surface area contributed by atoms with E-state index in [1.54, 1.807) is 17.5 Å². The minimum absolute atomic E-state index is 0.104. The van der Waals surface area contributed by atoms with Crippen LogP contribution < -0.4 is 11.1 Å². The number of benzene rings is 1. The fourth-order valence-electron chi connectivity index (χ4n) is 1.75. The van der Waals surface area contributed by atoms with E-state index in [0.717, 1.165) is 16.3 Å². The van der Waals surface area contributed by atoms with Crippen molar-refractivity contribution in [3.05, 3.63) is 50.0 Å². The summed E-state index contributed by atoms with van der Waals surface area (Å²) < 4.78 is 0. The van der Waals surface area contributed by atoms with Gasteiger partial charge in [0.15, 0.2) is 0 Å². The third kappa shape index (κ3) is 3.54. The molecule has 0 saturated heterocycles. The lowest BCUT2D eigenvalue weighted by Gasteiger charge is -2.06. The van der Waals surface area contributed by atoms with Crippen molar-refractivity contribution in [1.82, 2.24) is 4.98 Å². The highest BCUT2D eigenvalue weighted by molar-refractivity contribution is 7.11. The molecular formula is C13H14N4O3S. The van der Waals surface area contributed by atoms with Crippen LogP contribution in [-0.2, 0) is 13.0 Å². The standard InChI is InChI=1S/C13H14N4O3S/c1-2-9-6-16-12(21-9)7-15-10-5-8(13(14)18)3-4-11(10)17(19)20/h3-6,15H,2,7H2,1H3,(H2,14,18). The van der Waals surface area contributed by atoms with Gasteiger partial charge in [-0.3, -0.25) is 14.9 Å². The number of carbonyl (C=O) groups is 1. The van der Waals surface area contributed by atoms with Crippen LogP contribution in [0.2, 0.25) is 0 Å². The van der Waals surface area contributed by atoms with E-state index in [-0.39, 0.29) is 16.9 Å². The number of amides is 1. The number of hydrogen-bond donors (Lipinski definition) is 2. The van der Waals surface area contributed by atoms with Gasteiger partial charge in [-0.1, -0.05) is 6.92 Å². The second kappa shape index (κ2) is 6.31. The highest BCUT2D eigenvalue weighted by Crippen LogP contribution is 2.26. The van der Waals surface area contributed by atoms with Crippen LogP contribution in [0.3, 0.4) is 0 Å². The molecule has 8 heteroatoms. The van der Waals surface area contributed by atoms with E-state index in [9.17, 15) is 14.9 Å². The van der Waals surface area contributed by atoms with E-state index in [2.05, 4.69) is 10.3 Å². The number of aromatic nitrogens is 1. The molecule has 0 radical (unpaired) electrons. The molecule has 2 aromatic rings. The number of anilines is 1. The van der Waals surface area contributed by atoms with Crippen molar-refractivity contribution < 1.29 is 9.72 Å². The van der Waals surface area contributed by atoms with Crippen LogP contribution in [0.5, 0.6) is 0 Å². The first kappa shape index (κ1) is 14.9. The lowest BCUT2D eigenvalue weighted by atomic mass is 10.1. The Morgan fingerprint density at radius 1 is 1.52 bits per heavy atom. The summed E-state index contributed by atoms with van der Waals surface area (Å²) in [5.41, 5.74) is 5.56. The number of nitro benzene ring substituents is 1. The highest BCUT2D eigenvalue weighted by atomic mass is 32.1. The number of nitro groups is 1. The molecule has 1 amide bonds. The van der Waals surface area contributed by atoms with Crippen molar-refractivity contribution in [2.75, 3.05) is 5.32 Å². The second-order valence-corrected chi connectivity index (χ2v) is 5.48. The van der Waals surface area contributed by atoms with Crippen molar-refractivity contribution >= 4 is 28.6 Å². The topological polar surface area (TPSA) is 111 Å². The SMILES string of the molecule is CCc1cnc(CNc2cc(C(N)=O)ccc2[N+](=O)[O-])s1. The van der Waals surface area contributed by atoms with E-state index in [4.69, 9.17) is 5.73 Å². The summed E-state index contributed by atoms with van der Waals surface area (Å²) in [4.78, 5) is 27.0. The molecule has 0 fully saturated rings. The fourth-order valence-corrected chi connectivity index (χ4v) is 2.56. The van der Waals surface area contributed by atoms with Gasteiger partial charge in [-0.25, -0.2) is 4.98 Å². The molecule has 0 spiro atoms. The van der Waals surface area contributed by atoms with Gasteiger partial charge in [-0.15, -0.1) is 11.3 Å². The van der Waals surface area contributed by atoms with E-state index in [0.29, 0.717) is 6.54 Å². The third-order valence-corrected chi connectivity index (χ3v) is 4.00. The van der Waals surface area contributed by atoms with Gasteiger partial charge in [0.1, 0.15) is 10.7 Å². The molecule has 0 saturated carbocycles. The van der Waals surface area contributed by atoms with E-state index < -0.39 is 10.8 Å². The number of aryl methyl sites for hydroxylation is 1.